The van der Waals surface area contributed by atoms with Gasteiger partial charge in [0.1, 0.15) is 11.6 Å². The lowest BCUT2D eigenvalue weighted by Gasteiger charge is -2.12. The summed E-state index contributed by atoms with van der Waals surface area (Å²) < 4.78 is 19.0. The molecular formula is C15H17FN2O. The molecule has 0 radical (unpaired) electrons. The predicted octanol–water partition coefficient (Wildman–Crippen LogP) is 3.35. The molecule has 2 rings (SSSR count). The van der Waals surface area contributed by atoms with Crippen molar-refractivity contribution in [1.82, 2.24) is 10.3 Å². The topological polar surface area (TPSA) is 34.2 Å². The van der Waals surface area contributed by atoms with E-state index in [1.807, 2.05) is 32.0 Å². The first-order valence-electron chi connectivity index (χ1n) is 6.14. The second kappa shape index (κ2) is 5.80. The van der Waals surface area contributed by atoms with Crippen molar-refractivity contribution < 1.29 is 9.13 Å². The van der Waals surface area contributed by atoms with Crippen LogP contribution in [0.15, 0.2) is 30.5 Å². The van der Waals surface area contributed by atoms with Gasteiger partial charge in [0.05, 0.1) is 6.20 Å². The first kappa shape index (κ1) is 13.5. The highest BCUT2D eigenvalue weighted by Crippen LogP contribution is 2.27. The van der Waals surface area contributed by atoms with E-state index >= 15 is 0 Å². The van der Waals surface area contributed by atoms with E-state index in [2.05, 4.69) is 10.3 Å². The maximum Gasteiger partial charge on any atom is 0.223 e. The molecule has 0 amide bonds. The van der Waals surface area contributed by atoms with E-state index in [-0.39, 0.29) is 5.82 Å². The van der Waals surface area contributed by atoms with Crippen LogP contribution in [0, 0.1) is 19.7 Å². The molecule has 0 saturated carbocycles. The molecule has 1 aromatic carbocycles. The smallest absolute Gasteiger partial charge is 0.223 e. The van der Waals surface area contributed by atoms with E-state index in [4.69, 9.17) is 4.74 Å². The Bertz CT molecular complexity index is 584. The lowest BCUT2D eigenvalue weighted by atomic mass is 10.1. The zero-order valence-corrected chi connectivity index (χ0v) is 11.3. The average molecular weight is 260 g/mol. The van der Waals surface area contributed by atoms with Crippen molar-refractivity contribution in [3.05, 3.63) is 53.0 Å². The van der Waals surface area contributed by atoms with Crippen molar-refractivity contribution in [2.75, 3.05) is 7.05 Å². The zero-order chi connectivity index (χ0) is 13.8. The van der Waals surface area contributed by atoms with Crippen molar-refractivity contribution >= 4 is 0 Å². The monoisotopic (exact) mass is 260 g/mol. The second-order valence-corrected chi connectivity index (χ2v) is 4.52. The van der Waals surface area contributed by atoms with Crippen LogP contribution in [0.3, 0.4) is 0 Å². The van der Waals surface area contributed by atoms with E-state index in [1.165, 1.54) is 12.3 Å². The fourth-order valence-corrected chi connectivity index (χ4v) is 1.80. The number of nitrogens with one attached hydrogen (secondary N) is 1. The summed E-state index contributed by atoms with van der Waals surface area (Å²) in [6, 6.07) is 7.40. The molecule has 0 saturated heterocycles. The van der Waals surface area contributed by atoms with Gasteiger partial charge in [0.15, 0.2) is 0 Å². The molecule has 0 aliphatic heterocycles. The van der Waals surface area contributed by atoms with Crippen LogP contribution >= 0.6 is 0 Å². The van der Waals surface area contributed by atoms with Gasteiger partial charge in [0, 0.05) is 12.1 Å². The molecule has 0 aliphatic carbocycles. The van der Waals surface area contributed by atoms with Crippen LogP contribution < -0.4 is 10.1 Å². The third kappa shape index (κ3) is 3.29. The molecule has 0 unspecified atom stereocenters. The lowest BCUT2D eigenvalue weighted by Crippen LogP contribution is -2.08. The van der Waals surface area contributed by atoms with Gasteiger partial charge in [-0.1, -0.05) is 12.1 Å². The largest absolute Gasteiger partial charge is 0.438 e. The third-order valence-electron chi connectivity index (χ3n) is 2.81. The molecule has 2 aromatic rings. The standard InChI is InChI=1S/C15H17FN2O/c1-10-4-5-11(2)14(6-10)19-15-12(8-17-3)7-13(16)9-18-15/h4-7,9,17H,8H2,1-3H3. The molecule has 0 atom stereocenters. The Labute approximate surface area is 112 Å². The summed E-state index contributed by atoms with van der Waals surface area (Å²) in [7, 11) is 1.80. The van der Waals surface area contributed by atoms with Crippen molar-refractivity contribution in [3.8, 4) is 11.6 Å². The Morgan fingerprint density at radius 1 is 1.26 bits per heavy atom. The molecule has 4 heteroatoms. The molecular weight excluding hydrogens is 243 g/mol. The first-order valence-corrected chi connectivity index (χ1v) is 6.14. The summed E-state index contributed by atoms with van der Waals surface area (Å²) in [5, 5.41) is 2.98. The summed E-state index contributed by atoms with van der Waals surface area (Å²) in [5.74, 6) is 0.819. The van der Waals surface area contributed by atoms with Gasteiger partial charge in [0.2, 0.25) is 5.88 Å². The number of aryl methyl sites for hydroxylation is 2. The molecule has 1 N–H and O–H groups in total. The number of pyridine rings is 1. The Balaban J connectivity index is 2.34. The van der Waals surface area contributed by atoms with Crippen molar-refractivity contribution in [3.63, 3.8) is 0 Å². The number of nitrogens with zero attached hydrogens (tertiary/aromatic N) is 1. The number of halogens is 1. The highest BCUT2D eigenvalue weighted by Gasteiger charge is 2.09. The zero-order valence-electron chi connectivity index (χ0n) is 11.3. The number of benzene rings is 1. The fraction of sp³-hybridized carbons (Fsp3) is 0.267. The van der Waals surface area contributed by atoms with Crippen molar-refractivity contribution in [2.24, 2.45) is 0 Å². The fourth-order valence-electron chi connectivity index (χ4n) is 1.80. The van der Waals surface area contributed by atoms with Crippen LogP contribution in [0.1, 0.15) is 16.7 Å². The van der Waals surface area contributed by atoms with Gasteiger partial charge >= 0.3 is 0 Å². The summed E-state index contributed by atoms with van der Waals surface area (Å²) in [5.41, 5.74) is 2.83. The van der Waals surface area contributed by atoms with Crippen LogP contribution in [-0.4, -0.2) is 12.0 Å². The Hall–Kier alpha value is -1.94. The maximum atomic E-state index is 13.2. The van der Waals surface area contributed by atoms with Crippen LogP contribution in [0.5, 0.6) is 11.6 Å². The number of hydrogen-bond donors (Lipinski definition) is 1. The van der Waals surface area contributed by atoms with Crippen LogP contribution in [0.2, 0.25) is 0 Å². The van der Waals surface area contributed by atoms with Gasteiger partial charge < -0.3 is 10.1 Å². The van der Waals surface area contributed by atoms with E-state index in [1.54, 1.807) is 7.05 Å². The molecule has 1 aromatic heterocycles. The number of hydrogen-bond acceptors (Lipinski definition) is 3. The van der Waals surface area contributed by atoms with Crippen molar-refractivity contribution in [2.45, 2.75) is 20.4 Å². The van der Waals surface area contributed by atoms with E-state index in [0.717, 1.165) is 16.9 Å². The summed E-state index contributed by atoms with van der Waals surface area (Å²) >= 11 is 0. The minimum absolute atomic E-state index is 0.362. The SMILES string of the molecule is CNCc1cc(F)cnc1Oc1cc(C)ccc1C. The quantitative estimate of drug-likeness (QED) is 0.915. The minimum atomic E-state index is -0.362. The molecule has 0 aliphatic rings. The van der Waals surface area contributed by atoms with Crippen LogP contribution in [0.4, 0.5) is 4.39 Å². The Morgan fingerprint density at radius 3 is 2.79 bits per heavy atom. The lowest BCUT2D eigenvalue weighted by molar-refractivity contribution is 0.446. The molecule has 100 valence electrons. The highest BCUT2D eigenvalue weighted by atomic mass is 19.1. The normalized spacial score (nSPS) is 10.5. The Morgan fingerprint density at radius 2 is 2.05 bits per heavy atom. The molecule has 0 bridgehead atoms. The summed E-state index contributed by atoms with van der Waals surface area (Å²) in [4.78, 5) is 4.03. The van der Waals surface area contributed by atoms with Gasteiger partial charge in [-0.15, -0.1) is 0 Å². The maximum absolute atomic E-state index is 13.2. The van der Waals surface area contributed by atoms with Gasteiger partial charge in [-0.3, -0.25) is 0 Å². The second-order valence-electron chi connectivity index (χ2n) is 4.52. The van der Waals surface area contributed by atoms with Gasteiger partial charge in [-0.05, 0) is 44.2 Å². The summed E-state index contributed by atoms with van der Waals surface area (Å²) in [6.07, 6.45) is 1.17. The minimum Gasteiger partial charge on any atom is -0.438 e. The first-order chi connectivity index (χ1) is 9.10. The van der Waals surface area contributed by atoms with Crippen LogP contribution in [0.25, 0.3) is 0 Å². The molecule has 0 spiro atoms. The highest BCUT2D eigenvalue weighted by molar-refractivity contribution is 5.40. The van der Waals surface area contributed by atoms with Crippen LogP contribution in [-0.2, 0) is 6.54 Å². The van der Waals surface area contributed by atoms with Gasteiger partial charge in [0.25, 0.3) is 0 Å². The third-order valence-corrected chi connectivity index (χ3v) is 2.81. The van der Waals surface area contributed by atoms with Gasteiger partial charge in [-0.2, -0.15) is 0 Å². The number of aromatic nitrogens is 1. The average Bonchev–Trinajstić information content (AvgIpc) is 2.37. The van der Waals surface area contributed by atoms with E-state index in [9.17, 15) is 4.39 Å². The molecule has 0 fully saturated rings. The Kier molecular flexibility index (Phi) is 4.12. The van der Waals surface area contributed by atoms with E-state index in [0.29, 0.717) is 18.0 Å². The molecule has 1 heterocycles. The van der Waals surface area contributed by atoms with E-state index < -0.39 is 0 Å². The predicted molar refractivity (Wildman–Crippen MR) is 72.9 cm³/mol. The molecule has 3 nitrogen and oxygen atoms in total. The number of ether oxygens (including phenoxy) is 1. The van der Waals surface area contributed by atoms with Gasteiger partial charge in [-0.25, -0.2) is 9.37 Å². The molecule has 19 heavy (non-hydrogen) atoms. The van der Waals surface area contributed by atoms with Crippen molar-refractivity contribution in [1.29, 1.82) is 0 Å². The summed E-state index contributed by atoms with van der Waals surface area (Å²) in [6.45, 7) is 4.47. The number of rotatable bonds is 4.